The number of pyridine rings is 1. The van der Waals surface area contributed by atoms with Crippen LogP contribution in [0.3, 0.4) is 0 Å². The normalized spacial score (nSPS) is 17.1. The van der Waals surface area contributed by atoms with E-state index in [0.29, 0.717) is 29.3 Å². The van der Waals surface area contributed by atoms with Crippen LogP contribution in [0, 0.1) is 12.7 Å². The smallest absolute Gasteiger partial charge is 0.259 e. The van der Waals surface area contributed by atoms with Gasteiger partial charge in [-0.3, -0.25) is 4.79 Å². The first-order chi connectivity index (χ1) is 16.5. The van der Waals surface area contributed by atoms with Crippen LogP contribution < -0.4 is 5.32 Å². The molecule has 8 nitrogen and oxygen atoms in total. The highest BCUT2D eigenvalue weighted by atomic mass is 19.1. The first kappa shape index (κ1) is 20.7. The Balaban J connectivity index is 1.28. The SMILES string of the molecule is Cc1cc(F)c(C(=O)Nc2cccc(-c3nnc4n3[C@@H](C)CC4)n2)cc1-n1cnc(C2CC2)c1. The summed E-state index contributed by atoms with van der Waals surface area (Å²) in [5.74, 6) is 1.31. The van der Waals surface area contributed by atoms with Gasteiger partial charge in [0, 0.05) is 24.6 Å². The van der Waals surface area contributed by atoms with Crippen molar-refractivity contribution in [3.8, 4) is 17.2 Å². The van der Waals surface area contributed by atoms with Gasteiger partial charge in [-0.1, -0.05) is 6.07 Å². The minimum atomic E-state index is -0.582. The summed E-state index contributed by atoms with van der Waals surface area (Å²) in [5.41, 5.74) is 3.04. The van der Waals surface area contributed by atoms with Crippen LogP contribution in [0.4, 0.5) is 10.2 Å². The van der Waals surface area contributed by atoms with Gasteiger partial charge in [-0.15, -0.1) is 10.2 Å². The second kappa shape index (κ2) is 7.86. The maximum Gasteiger partial charge on any atom is 0.259 e. The van der Waals surface area contributed by atoms with Crippen molar-refractivity contribution in [2.45, 2.75) is 51.5 Å². The summed E-state index contributed by atoms with van der Waals surface area (Å²) in [4.78, 5) is 22.1. The number of imidazole rings is 1. The number of nitrogens with zero attached hydrogens (tertiary/aromatic N) is 6. The maximum atomic E-state index is 14.8. The third kappa shape index (κ3) is 3.57. The third-order valence-electron chi connectivity index (χ3n) is 6.62. The Morgan fingerprint density at radius 2 is 2.03 bits per heavy atom. The van der Waals surface area contributed by atoms with Gasteiger partial charge in [0.25, 0.3) is 5.91 Å². The molecule has 0 radical (unpaired) electrons. The molecule has 6 rings (SSSR count). The lowest BCUT2D eigenvalue weighted by Gasteiger charge is -2.12. The molecule has 4 heterocycles. The number of anilines is 1. The van der Waals surface area contributed by atoms with Gasteiger partial charge in [0.2, 0.25) is 0 Å². The summed E-state index contributed by atoms with van der Waals surface area (Å²) in [6, 6.07) is 8.54. The van der Waals surface area contributed by atoms with Gasteiger partial charge < -0.3 is 14.5 Å². The lowest BCUT2D eigenvalue weighted by atomic mass is 10.1. The topological polar surface area (TPSA) is 90.5 Å². The number of benzene rings is 1. The largest absolute Gasteiger partial charge is 0.307 e. The molecule has 34 heavy (non-hydrogen) atoms. The first-order valence-electron chi connectivity index (χ1n) is 11.5. The van der Waals surface area contributed by atoms with Crippen LogP contribution in [0.15, 0.2) is 42.9 Å². The molecule has 9 heteroatoms. The summed E-state index contributed by atoms with van der Waals surface area (Å²) in [6.45, 7) is 3.94. The molecule has 1 aliphatic heterocycles. The lowest BCUT2D eigenvalue weighted by Crippen LogP contribution is -2.16. The van der Waals surface area contributed by atoms with Crippen molar-refractivity contribution in [2.75, 3.05) is 5.32 Å². The van der Waals surface area contributed by atoms with E-state index in [1.807, 2.05) is 23.8 Å². The summed E-state index contributed by atoms with van der Waals surface area (Å²) in [7, 11) is 0. The number of fused-ring (bicyclic) bond motifs is 1. The number of amides is 1. The Hall–Kier alpha value is -3.88. The molecule has 0 spiro atoms. The van der Waals surface area contributed by atoms with E-state index in [2.05, 4.69) is 37.0 Å². The number of aromatic nitrogens is 6. The molecule has 1 N–H and O–H groups in total. The fourth-order valence-corrected chi connectivity index (χ4v) is 4.58. The van der Waals surface area contributed by atoms with E-state index in [0.717, 1.165) is 48.5 Å². The minimum absolute atomic E-state index is 0.0496. The van der Waals surface area contributed by atoms with Crippen molar-refractivity contribution in [1.29, 1.82) is 0 Å². The highest BCUT2D eigenvalue weighted by Crippen LogP contribution is 2.39. The zero-order chi connectivity index (χ0) is 23.4. The monoisotopic (exact) mass is 457 g/mol. The molecule has 1 fully saturated rings. The maximum absolute atomic E-state index is 14.8. The molecule has 1 amide bonds. The summed E-state index contributed by atoms with van der Waals surface area (Å²) in [6.07, 6.45) is 7.88. The summed E-state index contributed by atoms with van der Waals surface area (Å²) >= 11 is 0. The van der Waals surface area contributed by atoms with E-state index >= 15 is 0 Å². The van der Waals surface area contributed by atoms with Crippen LogP contribution in [-0.2, 0) is 6.42 Å². The zero-order valence-electron chi connectivity index (χ0n) is 19.0. The van der Waals surface area contributed by atoms with Crippen LogP contribution in [0.2, 0.25) is 0 Å². The Morgan fingerprint density at radius 1 is 1.18 bits per heavy atom. The third-order valence-corrected chi connectivity index (χ3v) is 6.62. The van der Waals surface area contributed by atoms with E-state index in [9.17, 15) is 9.18 Å². The van der Waals surface area contributed by atoms with Crippen molar-refractivity contribution >= 4 is 11.7 Å². The van der Waals surface area contributed by atoms with E-state index in [4.69, 9.17) is 0 Å². The Labute approximate surface area is 195 Å². The van der Waals surface area contributed by atoms with Crippen LogP contribution in [-0.4, -0.2) is 35.2 Å². The molecule has 1 atom stereocenters. The van der Waals surface area contributed by atoms with Gasteiger partial charge in [0.05, 0.1) is 23.3 Å². The predicted octanol–water partition coefficient (Wildman–Crippen LogP) is 4.61. The minimum Gasteiger partial charge on any atom is -0.307 e. The molecular weight excluding hydrogens is 433 g/mol. The van der Waals surface area contributed by atoms with E-state index in [1.54, 1.807) is 24.5 Å². The second-order valence-corrected chi connectivity index (χ2v) is 9.16. The number of carbonyl (C=O) groups is 1. The molecule has 0 unspecified atom stereocenters. The fourth-order valence-electron chi connectivity index (χ4n) is 4.58. The average Bonchev–Trinajstić information content (AvgIpc) is 3.23. The Bertz CT molecular complexity index is 1420. The predicted molar refractivity (Wildman–Crippen MR) is 124 cm³/mol. The number of halogens is 1. The van der Waals surface area contributed by atoms with Crippen LogP contribution in [0.5, 0.6) is 0 Å². The molecule has 3 aromatic heterocycles. The molecule has 172 valence electrons. The molecule has 1 aliphatic carbocycles. The van der Waals surface area contributed by atoms with Crippen molar-refractivity contribution in [1.82, 2.24) is 29.3 Å². The standard InChI is InChI=1S/C25H24FN7O/c1-14-10-18(26)17(11-21(14)32-12-20(27-13-32)16-7-8-16)25(34)29-22-5-3-4-19(28-22)24-31-30-23-9-6-15(2)33(23)24/h3-5,10-13,15-16H,6-9H2,1-2H3,(H,28,29,34)/t15-/m0/s1. The van der Waals surface area contributed by atoms with Crippen LogP contribution in [0.1, 0.15) is 65.6 Å². The Kier molecular flexibility index (Phi) is 4.79. The second-order valence-electron chi connectivity index (χ2n) is 9.16. The van der Waals surface area contributed by atoms with Crippen molar-refractivity contribution in [3.63, 3.8) is 0 Å². The van der Waals surface area contributed by atoms with Crippen molar-refractivity contribution in [3.05, 3.63) is 71.3 Å². The molecular formula is C25H24FN7O. The molecule has 0 bridgehead atoms. The van der Waals surface area contributed by atoms with Crippen LogP contribution in [0.25, 0.3) is 17.2 Å². The summed E-state index contributed by atoms with van der Waals surface area (Å²) in [5, 5.41) is 11.3. The number of carbonyl (C=O) groups excluding carboxylic acids is 1. The van der Waals surface area contributed by atoms with E-state index in [1.165, 1.54) is 6.07 Å². The van der Waals surface area contributed by atoms with Crippen molar-refractivity contribution in [2.24, 2.45) is 0 Å². The van der Waals surface area contributed by atoms with Crippen molar-refractivity contribution < 1.29 is 9.18 Å². The molecule has 1 saturated carbocycles. The molecule has 1 aromatic carbocycles. The fraction of sp³-hybridized carbons (Fsp3) is 0.320. The number of hydrogen-bond donors (Lipinski definition) is 1. The summed E-state index contributed by atoms with van der Waals surface area (Å²) < 4.78 is 18.7. The van der Waals surface area contributed by atoms with E-state index in [-0.39, 0.29) is 5.56 Å². The van der Waals surface area contributed by atoms with Gasteiger partial charge in [-0.2, -0.15) is 0 Å². The number of nitrogens with one attached hydrogen (secondary N) is 1. The molecule has 2 aliphatic rings. The number of hydrogen-bond acceptors (Lipinski definition) is 5. The number of rotatable bonds is 5. The molecule has 0 saturated heterocycles. The highest BCUT2D eigenvalue weighted by Gasteiger charge is 2.27. The number of aryl methyl sites for hydroxylation is 2. The van der Waals surface area contributed by atoms with Gasteiger partial charge in [-0.05, 0) is 62.9 Å². The zero-order valence-corrected chi connectivity index (χ0v) is 19.0. The van der Waals surface area contributed by atoms with Gasteiger partial charge in [-0.25, -0.2) is 14.4 Å². The highest BCUT2D eigenvalue weighted by molar-refractivity contribution is 6.04. The first-order valence-corrected chi connectivity index (χ1v) is 11.5. The van der Waals surface area contributed by atoms with Crippen LogP contribution >= 0.6 is 0 Å². The van der Waals surface area contributed by atoms with E-state index < -0.39 is 11.7 Å². The molecule has 4 aromatic rings. The van der Waals surface area contributed by atoms with Gasteiger partial charge >= 0.3 is 0 Å². The lowest BCUT2D eigenvalue weighted by molar-refractivity contribution is 0.102. The Morgan fingerprint density at radius 3 is 2.85 bits per heavy atom. The average molecular weight is 458 g/mol. The quantitative estimate of drug-likeness (QED) is 0.473. The van der Waals surface area contributed by atoms with Gasteiger partial charge in [0.15, 0.2) is 5.82 Å². The van der Waals surface area contributed by atoms with Gasteiger partial charge in [0.1, 0.15) is 23.2 Å².